The monoisotopic (exact) mass is 444 g/mol. The van der Waals surface area contributed by atoms with Gasteiger partial charge in [0.2, 0.25) is 0 Å². The van der Waals surface area contributed by atoms with Crippen molar-refractivity contribution in [1.82, 2.24) is 0 Å². The van der Waals surface area contributed by atoms with Crippen molar-refractivity contribution in [1.29, 1.82) is 0 Å². The van der Waals surface area contributed by atoms with E-state index in [9.17, 15) is 0 Å². The fourth-order valence-corrected chi connectivity index (χ4v) is 2.41. The van der Waals surface area contributed by atoms with E-state index < -0.39 is 0 Å². The second kappa shape index (κ2) is 33.5. The smallest absolute Gasteiger partial charge is 0.0533 e. The first-order valence-electron chi connectivity index (χ1n) is 9.83. The molecule has 0 nitrogen and oxygen atoms in total. The highest BCUT2D eigenvalue weighted by Crippen LogP contribution is 2.08. The summed E-state index contributed by atoms with van der Waals surface area (Å²) in [4.78, 5) is 0. The predicted molar refractivity (Wildman–Crippen MR) is 117 cm³/mol. The highest BCUT2D eigenvalue weighted by Gasteiger charge is 1.88. The first kappa shape index (κ1) is 30.8. The third kappa shape index (κ3) is 37.3. The minimum atomic E-state index is 0. The summed E-state index contributed by atoms with van der Waals surface area (Å²) in [5.41, 5.74) is 0. The molecule has 0 bridgehead atoms. The zero-order valence-corrected chi connectivity index (χ0v) is 19.6. The maximum atomic E-state index is 2.27. The zero-order chi connectivity index (χ0) is 15.3. The lowest BCUT2D eigenvalue weighted by molar-refractivity contribution is 0.585. The Morgan fingerprint density at radius 2 is 0.409 bits per heavy atom. The van der Waals surface area contributed by atoms with Crippen LogP contribution in [-0.2, 0) is 0 Å². The third-order valence-corrected chi connectivity index (χ3v) is 3.91. The van der Waals surface area contributed by atoms with Gasteiger partial charge < -0.3 is 0 Å². The molecule has 0 spiro atoms. The summed E-state index contributed by atoms with van der Waals surface area (Å²) >= 11 is 0. The molecule has 0 unspecified atom stereocenters. The van der Waals surface area contributed by atoms with Crippen molar-refractivity contribution in [2.45, 2.75) is 130 Å². The number of hydrogen-bond acceptors (Lipinski definition) is 0. The van der Waals surface area contributed by atoms with Crippen molar-refractivity contribution < 1.29 is 0 Å². The first-order valence-corrected chi connectivity index (χ1v) is 9.83. The molecule has 2 heteroatoms. The Morgan fingerprint density at radius 1 is 0.273 bits per heavy atom. The van der Waals surface area contributed by atoms with Gasteiger partial charge in [0, 0.05) is 0 Å². The van der Waals surface area contributed by atoms with Gasteiger partial charge in [-0.3, -0.25) is 0 Å². The summed E-state index contributed by atoms with van der Waals surface area (Å²) in [7, 11) is 0. The van der Waals surface area contributed by atoms with E-state index in [1.165, 1.54) is 103 Å². The van der Waals surface area contributed by atoms with Gasteiger partial charge in [0.1, 0.15) is 0 Å². The van der Waals surface area contributed by atoms with Crippen LogP contribution in [0.3, 0.4) is 0 Å². The van der Waals surface area contributed by atoms with Crippen molar-refractivity contribution in [3.63, 3.8) is 0 Å². The molecular formula is C20H46Br2. The molecule has 0 rings (SSSR count). The van der Waals surface area contributed by atoms with Crippen LogP contribution in [0.5, 0.6) is 0 Å². The van der Waals surface area contributed by atoms with Crippen molar-refractivity contribution in [3.05, 3.63) is 0 Å². The van der Waals surface area contributed by atoms with Crippen LogP contribution in [0.1, 0.15) is 130 Å². The molecule has 0 atom stereocenters. The van der Waals surface area contributed by atoms with Crippen LogP contribution < -0.4 is 0 Å². The molecule has 0 aliphatic heterocycles. The molecular weight excluding hydrogens is 400 g/mol. The molecule has 0 aromatic rings. The quantitative estimate of drug-likeness (QED) is 0.233. The third-order valence-electron chi connectivity index (χ3n) is 3.91. The van der Waals surface area contributed by atoms with Gasteiger partial charge in [-0.1, -0.05) is 130 Å². The van der Waals surface area contributed by atoms with Crippen molar-refractivity contribution in [2.75, 3.05) is 0 Å². The molecule has 0 saturated carbocycles. The maximum absolute atomic E-state index is 2.27. The highest BCUT2D eigenvalue weighted by molar-refractivity contribution is 8.93. The van der Waals surface area contributed by atoms with Gasteiger partial charge in [0.15, 0.2) is 0 Å². The van der Waals surface area contributed by atoms with E-state index in [-0.39, 0.29) is 34.0 Å². The molecule has 22 heavy (non-hydrogen) atoms. The fraction of sp³-hybridized carbons (Fsp3) is 1.00. The van der Waals surface area contributed by atoms with E-state index in [2.05, 4.69) is 27.7 Å². The van der Waals surface area contributed by atoms with E-state index in [4.69, 9.17) is 0 Å². The maximum Gasteiger partial charge on any atom is -0.0533 e. The number of rotatable bonds is 14. The number of hydrogen-bond donors (Lipinski definition) is 0. The van der Waals surface area contributed by atoms with Gasteiger partial charge in [0.25, 0.3) is 0 Å². The Kier molecular flexibility index (Phi) is 47.0. The van der Waals surface area contributed by atoms with E-state index in [0.29, 0.717) is 0 Å². The molecule has 0 saturated heterocycles. The first-order chi connectivity index (χ1) is 9.83. The van der Waals surface area contributed by atoms with E-state index in [1.54, 1.807) is 0 Å². The van der Waals surface area contributed by atoms with Gasteiger partial charge >= 0.3 is 0 Å². The summed E-state index contributed by atoms with van der Waals surface area (Å²) < 4.78 is 0. The van der Waals surface area contributed by atoms with E-state index in [1.807, 2.05) is 0 Å². The fourth-order valence-electron chi connectivity index (χ4n) is 2.41. The average molecular weight is 446 g/mol. The SMILES string of the molecule is Br.Br.CCCCCCCCCC.CCCCCCCCCC. The summed E-state index contributed by atoms with van der Waals surface area (Å²) in [5, 5.41) is 0. The standard InChI is InChI=1S/2C10H22.2BrH/c2*1-3-5-7-9-10-8-6-4-2;;/h2*3-10H2,1-2H3;2*1H. The van der Waals surface area contributed by atoms with Gasteiger partial charge in [0.05, 0.1) is 0 Å². The predicted octanol–water partition coefficient (Wildman–Crippen LogP) is 9.45. The van der Waals surface area contributed by atoms with Crippen LogP contribution in [0, 0.1) is 0 Å². The summed E-state index contributed by atoms with van der Waals surface area (Å²) in [6.07, 6.45) is 22.9. The molecule has 0 radical (unpaired) electrons. The number of unbranched alkanes of at least 4 members (excludes halogenated alkanes) is 14. The molecule has 0 fully saturated rings. The lowest BCUT2D eigenvalue weighted by atomic mass is 10.1. The second-order valence-corrected chi connectivity index (χ2v) is 6.24. The van der Waals surface area contributed by atoms with Crippen LogP contribution in [0.15, 0.2) is 0 Å². The zero-order valence-electron chi connectivity index (χ0n) is 16.1. The van der Waals surface area contributed by atoms with Gasteiger partial charge in [-0.15, -0.1) is 34.0 Å². The Morgan fingerprint density at radius 3 is 0.545 bits per heavy atom. The normalized spacial score (nSPS) is 9.27. The Bertz CT molecular complexity index is 106. The molecule has 0 aliphatic carbocycles. The highest BCUT2D eigenvalue weighted by atomic mass is 79.9. The second-order valence-electron chi connectivity index (χ2n) is 6.24. The summed E-state index contributed by atoms with van der Waals surface area (Å²) in [6.45, 7) is 9.08. The Balaban J connectivity index is -0.000000135. The van der Waals surface area contributed by atoms with Crippen LogP contribution >= 0.6 is 34.0 Å². The van der Waals surface area contributed by atoms with Gasteiger partial charge in [-0.2, -0.15) is 0 Å². The van der Waals surface area contributed by atoms with Crippen molar-refractivity contribution in [3.8, 4) is 0 Å². The lowest BCUT2D eigenvalue weighted by Crippen LogP contribution is -1.77. The summed E-state index contributed by atoms with van der Waals surface area (Å²) in [6, 6.07) is 0. The Hall–Kier alpha value is 0.960. The van der Waals surface area contributed by atoms with Crippen molar-refractivity contribution in [2.24, 2.45) is 0 Å². The lowest BCUT2D eigenvalue weighted by Gasteiger charge is -1.97. The number of halogens is 2. The molecule has 0 amide bonds. The van der Waals surface area contributed by atoms with Crippen LogP contribution in [0.4, 0.5) is 0 Å². The minimum absolute atomic E-state index is 0. The van der Waals surface area contributed by atoms with E-state index >= 15 is 0 Å². The van der Waals surface area contributed by atoms with Gasteiger partial charge in [-0.05, 0) is 0 Å². The molecule has 0 N–H and O–H groups in total. The molecule has 140 valence electrons. The largest absolute Gasteiger partial charge is 0.114 e. The van der Waals surface area contributed by atoms with Gasteiger partial charge in [-0.25, -0.2) is 0 Å². The van der Waals surface area contributed by atoms with Crippen molar-refractivity contribution >= 4 is 34.0 Å². The topological polar surface area (TPSA) is 0 Å². The summed E-state index contributed by atoms with van der Waals surface area (Å²) in [5.74, 6) is 0. The van der Waals surface area contributed by atoms with Crippen LogP contribution in [-0.4, -0.2) is 0 Å². The molecule has 0 aliphatic rings. The molecule has 0 aromatic heterocycles. The van der Waals surface area contributed by atoms with E-state index in [0.717, 1.165) is 0 Å². The van der Waals surface area contributed by atoms with Crippen LogP contribution in [0.2, 0.25) is 0 Å². The van der Waals surface area contributed by atoms with Crippen LogP contribution in [0.25, 0.3) is 0 Å². The Labute approximate surface area is 164 Å². The average Bonchev–Trinajstić information content (AvgIpc) is 2.47. The molecule has 0 heterocycles. The molecule has 0 aromatic carbocycles. The minimum Gasteiger partial charge on any atom is -0.114 e.